The lowest BCUT2D eigenvalue weighted by molar-refractivity contribution is -0.146. The van der Waals surface area contributed by atoms with Crippen LogP contribution in [0.25, 0.3) is 22.8 Å². The molecule has 0 unspecified atom stereocenters. The average molecular weight is 390 g/mol. The van der Waals surface area contributed by atoms with E-state index in [4.69, 9.17) is 9.26 Å². The van der Waals surface area contributed by atoms with E-state index in [-0.39, 0.29) is 19.0 Å². The fraction of sp³-hybridized carbons (Fsp3) is 0.200. The third-order valence-electron chi connectivity index (χ3n) is 4.16. The summed E-state index contributed by atoms with van der Waals surface area (Å²) in [6, 6.07) is 15.4. The normalized spacial score (nSPS) is 10.8. The highest BCUT2D eigenvalue weighted by Gasteiger charge is 2.13. The van der Waals surface area contributed by atoms with Gasteiger partial charge in [-0.2, -0.15) is 9.78 Å². The first-order chi connectivity index (χ1) is 14.1. The Hall–Kier alpha value is -3.88. The van der Waals surface area contributed by atoms with Crippen LogP contribution in [0.3, 0.4) is 0 Å². The molecule has 9 heteroatoms. The van der Waals surface area contributed by atoms with E-state index < -0.39 is 5.97 Å². The monoisotopic (exact) mass is 390 g/mol. The number of benzene rings is 2. The molecule has 9 nitrogen and oxygen atoms in total. The Balaban J connectivity index is 1.33. The molecule has 0 fully saturated rings. The molecule has 0 N–H and O–H groups in total. The van der Waals surface area contributed by atoms with Gasteiger partial charge in [0.1, 0.15) is 0 Å². The summed E-state index contributed by atoms with van der Waals surface area (Å²) in [5.74, 6) is 0.566. The molecule has 0 saturated heterocycles. The van der Waals surface area contributed by atoms with Crippen LogP contribution in [0.5, 0.6) is 0 Å². The number of aromatic nitrogens is 6. The van der Waals surface area contributed by atoms with E-state index in [2.05, 4.69) is 25.6 Å². The minimum atomic E-state index is -0.528. The lowest BCUT2D eigenvalue weighted by atomic mass is 10.1. The summed E-state index contributed by atoms with van der Waals surface area (Å²) < 4.78 is 10.4. The molecule has 2 aromatic heterocycles. The number of esters is 1. The third-order valence-corrected chi connectivity index (χ3v) is 4.16. The van der Waals surface area contributed by atoms with Crippen molar-refractivity contribution in [2.45, 2.75) is 27.0 Å². The van der Waals surface area contributed by atoms with Crippen LogP contribution in [-0.4, -0.2) is 36.3 Å². The number of nitrogens with zero attached hydrogens (tertiary/aromatic N) is 6. The first-order valence-electron chi connectivity index (χ1n) is 8.97. The number of carbonyl (C=O) groups is 1. The van der Waals surface area contributed by atoms with Crippen molar-refractivity contribution in [1.82, 2.24) is 30.3 Å². The number of tetrazole rings is 1. The molecule has 2 aromatic carbocycles. The topological polar surface area (TPSA) is 109 Å². The summed E-state index contributed by atoms with van der Waals surface area (Å²) in [6.07, 6.45) is 0. The van der Waals surface area contributed by atoms with Crippen molar-refractivity contribution in [3.8, 4) is 22.8 Å². The molecule has 0 aliphatic carbocycles. The lowest BCUT2D eigenvalue weighted by Crippen LogP contribution is -2.16. The van der Waals surface area contributed by atoms with E-state index in [1.807, 2.05) is 62.4 Å². The Morgan fingerprint density at radius 1 is 1.00 bits per heavy atom. The summed E-state index contributed by atoms with van der Waals surface area (Å²) in [4.78, 5) is 17.5. The molecular formula is C20H18N6O3. The van der Waals surface area contributed by atoms with Crippen LogP contribution in [0.1, 0.15) is 17.0 Å². The van der Waals surface area contributed by atoms with Crippen molar-refractivity contribution in [3.05, 3.63) is 65.5 Å². The van der Waals surface area contributed by atoms with Crippen LogP contribution >= 0.6 is 0 Å². The Labute approximate surface area is 166 Å². The van der Waals surface area contributed by atoms with E-state index in [1.54, 1.807) is 0 Å². The summed E-state index contributed by atoms with van der Waals surface area (Å²) in [5, 5.41) is 15.9. The van der Waals surface area contributed by atoms with Gasteiger partial charge in [0.25, 0.3) is 5.89 Å². The van der Waals surface area contributed by atoms with E-state index in [0.29, 0.717) is 11.7 Å². The highest BCUT2D eigenvalue weighted by molar-refractivity contribution is 5.69. The van der Waals surface area contributed by atoms with Crippen molar-refractivity contribution < 1.29 is 14.1 Å². The number of ether oxygens (including phenoxy) is 1. The molecule has 0 spiro atoms. The molecule has 0 amide bonds. The molecule has 4 aromatic rings. The van der Waals surface area contributed by atoms with Gasteiger partial charge in [0.15, 0.2) is 13.2 Å². The second kappa shape index (κ2) is 8.01. The van der Waals surface area contributed by atoms with Crippen molar-refractivity contribution in [3.63, 3.8) is 0 Å². The zero-order valence-electron chi connectivity index (χ0n) is 15.9. The van der Waals surface area contributed by atoms with Crippen LogP contribution in [0, 0.1) is 13.8 Å². The van der Waals surface area contributed by atoms with Gasteiger partial charge in [-0.3, -0.25) is 0 Å². The summed E-state index contributed by atoms with van der Waals surface area (Å²) in [6.45, 7) is 3.73. The third kappa shape index (κ3) is 4.52. The molecule has 29 heavy (non-hydrogen) atoms. The van der Waals surface area contributed by atoms with Gasteiger partial charge in [0, 0.05) is 11.1 Å². The maximum atomic E-state index is 12.1. The molecule has 0 bridgehead atoms. The predicted molar refractivity (Wildman–Crippen MR) is 102 cm³/mol. The van der Waals surface area contributed by atoms with Crippen LogP contribution in [-0.2, 0) is 22.7 Å². The Bertz CT molecular complexity index is 1120. The summed E-state index contributed by atoms with van der Waals surface area (Å²) in [7, 11) is 0. The SMILES string of the molecule is Cc1ccc(-c2nnn(CC(=O)OCc3noc(-c4ccc(C)cc4)n3)n2)cc1. The van der Waals surface area contributed by atoms with Crippen LogP contribution in [0.4, 0.5) is 0 Å². The zero-order chi connectivity index (χ0) is 20.2. The smallest absolute Gasteiger partial charge is 0.330 e. The van der Waals surface area contributed by atoms with Crippen molar-refractivity contribution in [2.24, 2.45) is 0 Å². The van der Waals surface area contributed by atoms with Crippen LogP contribution in [0.15, 0.2) is 53.1 Å². The zero-order valence-corrected chi connectivity index (χ0v) is 15.9. The number of rotatable bonds is 6. The quantitative estimate of drug-likeness (QED) is 0.462. The summed E-state index contributed by atoms with van der Waals surface area (Å²) >= 11 is 0. The standard InChI is InChI=1S/C20H18N6O3/c1-13-3-7-15(8-4-13)19-22-25-26(23-19)11-18(27)28-12-17-21-20(29-24-17)16-9-5-14(2)6-10-16/h3-10H,11-12H2,1-2H3. The molecule has 0 radical (unpaired) electrons. The lowest BCUT2D eigenvalue weighted by Gasteiger charge is -2.00. The number of carbonyl (C=O) groups excluding carboxylic acids is 1. The largest absolute Gasteiger partial charge is 0.456 e. The van der Waals surface area contributed by atoms with Gasteiger partial charge in [-0.1, -0.05) is 52.7 Å². The van der Waals surface area contributed by atoms with Crippen LogP contribution in [0.2, 0.25) is 0 Å². The first kappa shape index (κ1) is 18.5. The highest BCUT2D eigenvalue weighted by atomic mass is 16.5. The molecular weight excluding hydrogens is 372 g/mol. The summed E-state index contributed by atoms with van der Waals surface area (Å²) in [5.41, 5.74) is 3.90. The number of hydrogen-bond donors (Lipinski definition) is 0. The molecule has 0 aliphatic rings. The van der Waals surface area contributed by atoms with E-state index in [9.17, 15) is 4.79 Å². The molecule has 4 rings (SSSR count). The maximum Gasteiger partial charge on any atom is 0.330 e. The first-order valence-corrected chi connectivity index (χ1v) is 8.97. The molecule has 2 heterocycles. The minimum absolute atomic E-state index is 0.103. The minimum Gasteiger partial charge on any atom is -0.456 e. The fourth-order valence-electron chi connectivity index (χ4n) is 2.56. The molecule has 0 atom stereocenters. The Morgan fingerprint density at radius 3 is 2.34 bits per heavy atom. The van der Waals surface area contributed by atoms with Crippen molar-refractivity contribution in [2.75, 3.05) is 0 Å². The van der Waals surface area contributed by atoms with E-state index >= 15 is 0 Å². The highest BCUT2D eigenvalue weighted by Crippen LogP contribution is 2.18. The van der Waals surface area contributed by atoms with Crippen LogP contribution < -0.4 is 0 Å². The Morgan fingerprint density at radius 2 is 1.66 bits per heavy atom. The van der Waals surface area contributed by atoms with Gasteiger partial charge < -0.3 is 9.26 Å². The fourth-order valence-corrected chi connectivity index (χ4v) is 2.56. The van der Waals surface area contributed by atoms with Gasteiger partial charge in [0.2, 0.25) is 11.6 Å². The van der Waals surface area contributed by atoms with E-state index in [1.165, 1.54) is 4.80 Å². The van der Waals surface area contributed by atoms with Gasteiger partial charge >= 0.3 is 5.97 Å². The van der Waals surface area contributed by atoms with Gasteiger partial charge in [-0.05, 0) is 31.2 Å². The van der Waals surface area contributed by atoms with Crippen molar-refractivity contribution in [1.29, 1.82) is 0 Å². The van der Waals surface area contributed by atoms with Gasteiger partial charge in [0.05, 0.1) is 0 Å². The van der Waals surface area contributed by atoms with Gasteiger partial charge in [-0.25, -0.2) is 4.79 Å². The maximum absolute atomic E-state index is 12.1. The number of hydrogen-bond acceptors (Lipinski definition) is 8. The van der Waals surface area contributed by atoms with Crippen molar-refractivity contribution >= 4 is 5.97 Å². The second-order valence-electron chi connectivity index (χ2n) is 6.55. The molecule has 0 aliphatic heterocycles. The Kier molecular flexibility index (Phi) is 5.10. The molecule has 0 saturated carbocycles. The average Bonchev–Trinajstić information content (AvgIpc) is 3.37. The van der Waals surface area contributed by atoms with Gasteiger partial charge in [-0.15, -0.1) is 10.2 Å². The number of aryl methyl sites for hydroxylation is 2. The van der Waals surface area contributed by atoms with E-state index in [0.717, 1.165) is 22.3 Å². The molecule has 146 valence electrons. The predicted octanol–water partition coefficient (Wildman–Crippen LogP) is 2.75. The second-order valence-corrected chi connectivity index (χ2v) is 6.55.